The van der Waals surface area contributed by atoms with Gasteiger partial charge in [-0.15, -0.1) is 0 Å². The number of hydrogen-bond acceptors (Lipinski definition) is 4. The zero-order chi connectivity index (χ0) is 16.8. The smallest absolute Gasteiger partial charge is 0.306 e. The number of rotatable bonds is 6. The average molecular weight is 371 g/mol. The quantitative estimate of drug-likeness (QED) is 0.703. The Morgan fingerprint density at radius 3 is 2.36 bits per heavy atom. The minimum Gasteiger partial charge on any atom is -0.466 e. The van der Waals surface area contributed by atoms with Crippen LogP contribution in [0.25, 0.3) is 0 Å². The molecule has 0 radical (unpaired) electrons. The second kappa shape index (κ2) is 8.32. The van der Waals surface area contributed by atoms with Crippen molar-refractivity contribution in [2.45, 2.75) is 52.1 Å². The molecule has 122 valence electrons. The van der Waals surface area contributed by atoms with Crippen LogP contribution < -0.4 is 0 Å². The monoisotopic (exact) mass is 370 g/mol. The summed E-state index contributed by atoms with van der Waals surface area (Å²) in [7, 11) is 0. The normalized spacial score (nSPS) is 12.6. The number of carbonyl (C=O) groups excluding carboxylic acids is 2. The molecule has 0 amide bonds. The third-order valence-corrected chi connectivity index (χ3v) is 3.36. The first-order chi connectivity index (χ1) is 10.2. The fourth-order valence-electron chi connectivity index (χ4n) is 2.07. The zero-order valence-electron chi connectivity index (χ0n) is 13.5. The molecule has 22 heavy (non-hydrogen) atoms. The van der Waals surface area contributed by atoms with Gasteiger partial charge < -0.3 is 9.47 Å². The summed E-state index contributed by atoms with van der Waals surface area (Å²) in [5, 5.41) is 0. The van der Waals surface area contributed by atoms with Gasteiger partial charge in [0.2, 0.25) is 0 Å². The Morgan fingerprint density at radius 2 is 1.82 bits per heavy atom. The van der Waals surface area contributed by atoms with Crippen molar-refractivity contribution in [2.24, 2.45) is 0 Å². The van der Waals surface area contributed by atoms with E-state index in [1.165, 1.54) is 0 Å². The first-order valence-corrected chi connectivity index (χ1v) is 8.13. The molecular weight excluding hydrogens is 348 g/mol. The Balaban J connectivity index is 2.87. The highest BCUT2D eigenvalue weighted by Crippen LogP contribution is 2.27. The summed E-state index contributed by atoms with van der Waals surface area (Å²) in [4.78, 5) is 23.9. The van der Waals surface area contributed by atoms with Crippen LogP contribution in [0.1, 0.15) is 52.0 Å². The largest absolute Gasteiger partial charge is 0.466 e. The summed E-state index contributed by atoms with van der Waals surface area (Å²) in [6.45, 7) is 7.56. The van der Waals surface area contributed by atoms with Crippen LogP contribution in [0.3, 0.4) is 0 Å². The van der Waals surface area contributed by atoms with Crippen molar-refractivity contribution >= 4 is 27.9 Å². The Bertz CT molecular complexity index is 520. The van der Waals surface area contributed by atoms with Gasteiger partial charge in [0.1, 0.15) is 5.60 Å². The number of benzene rings is 1. The highest BCUT2D eigenvalue weighted by atomic mass is 79.9. The molecule has 1 atom stereocenters. The van der Waals surface area contributed by atoms with Gasteiger partial charge in [-0.05, 0) is 45.4 Å². The molecule has 1 aromatic rings. The molecule has 0 aliphatic carbocycles. The summed E-state index contributed by atoms with van der Waals surface area (Å²) >= 11 is 3.41. The molecule has 0 heterocycles. The maximum absolute atomic E-state index is 12.1. The van der Waals surface area contributed by atoms with E-state index in [0.29, 0.717) is 6.61 Å². The van der Waals surface area contributed by atoms with E-state index in [2.05, 4.69) is 15.9 Å². The molecule has 1 aromatic carbocycles. The molecule has 0 bridgehead atoms. The summed E-state index contributed by atoms with van der Waals surface area (Å²) in [6, 6.07) is 7.60. The van der Waals surface area contributed by atoms with E-state index in [9.17, 15) is 9.59 Å². The maximum atomic E-state index is 12.1. The van der Waals surface area contributed by atoms with Crippen LogP contribution in [-0.2, 0) is 19.1 Å². The van der Waals surface area contributed by atoms with E-state index in [1.807, 2.05) is 45.0 Å². The Labute approximate surface area is 140 Å². The van der Waals surface area contributed by atoms with Gasteiger partial charge in [0.05, 0.1) is 19.4 Å². The topological polar surface area (TPSA) is 52.6 Å². The second-order valence-corrected chi connectivity index (χ2v) is 6.97. The number of carbonyl (C=O) groups is 2. The van der Waals surface area contributed by atoms with E-state index in [0.717, 1.165) is 10.0 Å². The van der Waals surface area contributed by atoms with Crippen molar-refractivity contribution in [1.29, 1.82) is 0 Å². The Morgan fingerprint density at radius 1 is 1.18 bits per heavy atom. The summed E-state index contributed by atoms with van der Waals surface area (Å²) in [5.41, 5.74) is 0.372. The van der Waals surface area contributed by atoms with Crippen LogP contribution in [0.2, 0.25) is 0 Å². The third kappa shape index (κ3) is 7.07. The van der Waals surface area contributed by atoms with Gasteiger partial charge in [0.25, 0.3) is 0 Å². The molecule has 0 saturated carbocycles. The predicted molar refractivity (Wildman–Crippen MR) is 88.6 cm³/mol. The van der Waals surface area contributed by atoms with Crippen molar-refractivity contribution in [3.63, 3.8) is 0 Å². The molecule has 0 unspecified atom stereocenters. The van der Waals surface area contributed by atoms with Crippen LogP contribution in [0.15, 0.2) is 28.7 Å². The van der Waals surface area contributed by atoms with Crippen molar-refractivity contribution in [1.82, 2.24) is 0 Å². The molecule has 0 aliphatic heterocycles. The molecule has 0 spiro atoms. The highest BCUT2D eigenvalue weighted by molar-refractivity contribution is 9.10. The molecule has 0 aromatic heterocycles. The van der Waals surface area contributed by atoms with Crippen molar-refractivity contribution < 1.29 is 19.1 Å². The Hall–Kier alpha value is -1.36. The van der Waals surface area contributed by atoms with Crippen molar-refractivity contribution in [3.05, 3.63) is 34.3 Å². The molecule has 1 rings (SSSR count). The first kappa shape index (κ1) is 18.7. The van der Waals surface area contributed by atoms with Crippen molar-refractivity contribution in [2.75, 3.05) is 6.61 Å². The SMILES string of the molecule is CCOC(=O)C[C@H](CC(=O)OC(C)(C)C)c1cccc(Br)c1. The van der Waals surface area contributed by atoms with Crippen LogP contribution in [0.4, 0.5) is 0 Å². The molecule has 0 N–H and O–H groups in total. The third-order valence-electron chi connectivity index (χ3n) is 2.87. The lowest BCUT2D eigenvalue weighted by Gasteiger charge is -2.22. The van der Waals surface area contributed by atoms with Gasteiger partial charge in [-0.1, -0.05) is 28.1 Å². The van der Waals surface area contributed by atoms with Gasteiger partial charge in [-0.2, -0.15) is 0 Å². The van der Waals surface area contributed by atoms with Gasteiger partial charge in [-0.3, -0.25) is 9.59 Å². The van der Waals surface area contributed by atoms with E-state index < -0.39 is 5.60 Å². The van der Waals surface area contributed by atoms with Crippen LogP contribution in [0.5, 0.6) is 0 Å². The Kier molecular flexibility index (Phi) is 7.07. The molecule has 0 fully saturated rings. The van der Waals surface area contributed by atoms with E-state index in [-0.39, 0.29) is 30.7 Å². The lowest BCUT2D eigenvalue weighted by molar-refractivity contribution is -0.155. The van der Waals surface area contributed by atoms with Crippen LogP contribution in [-0.4, -0.2) is 24.1 Å². The minimum absolute atomic E-state index is 0.145. The van der Waals surface area contributed by atoms with E-state index in [1.54, 1.807) is 6.92 Å². The van der Waals surface area contributed by atoms with Crippen LogP contribution >= 0.6 is 15.9 Å². The number of esters is 2. The minimum atomic E-state index is -0.539. The number of hydrogen-bond donors (Lipinski definition) is 0. The lowest BCUT2D eigenvalue weighted by atomic mass is 9.92. The maximum Gasteiger partial charge on any atom is 0.306 e. The van der Waals surface area contributed by atoms with E-state index >= 15 is 0 Å². The summed E-state index contributed by atoms with van der Waals surface area (Å²) in [5.74, 6) is -0.885. The fraction of sp³-hybridized carbons (Fsp3) is 0.529. The van der Waals surface area contributed by atoms with Gasteiger partial charge in [-0.25, -0.2) is 0 Å². The van der Waals surface area contributed by atoms with Gasteiger partial charge in [0, 0.05) is 10.4 Å². The zero-order valence-corrected chi connectivity index (χ0v) is 15.1. The predicted octanol–water partition coefficient (Wildman–Crippen LogP) is 4.22. The number of ether oxygens (including phenoxy) is 2. The van der Waals surface area contributed by atoms with Gasteiger partial charge in [0.15, 0.2) is 0 Å². The highest BCUT2D eigenvalue weighted by Gasteiger charge is 2.24. The molecular formula is C17H23BrO4. The molecule has 0 aliphatic rings. The average Bonchev–Trinajstić information content (AvgIpc) is 2.36. The lowest BCUT2D eigenvalue weighted by Crippen LogP contribution is -2.25. The standard InChI is InChI=1S/C17H23BrO4/c1-5-21-15(19)10-13(11-16(20)22-17(2,3)4)12-7-6-8-14(18)9-12/h6-9,13H,5,10-11H2,1-4H3/t13-/m1/s1. The van der Waals surface area contributed by atoms with Gasteiger partial charge >= 0.3 is 11.9 Å². The summed E-state index contributed by atoms with van der Waals surface area (Å²) < 4.78 is 11.3. The van der Waals surface area contributed by atoms with Crippen molar-refractivity contribution in [3.8, 4) is 0 Å². The molecule has 5 heteroatoms. The second-order valence-electron chi connectivity index (χ2n) is 6.05. The number of halogens is 1. The summed E-state index contributed by atoms with van der Waals surface area (Å²) in [6.07, 6.45) is 0.302. The van der Waals surface area contributed by atoms with E-state index in [4.69, 9.17) is 9.47 Å². The fourth-order valence-corrected chi connectivity index (χ4v) is 2.49. The molecule has 0 saturated heterocycles. The first-order valence-electron chi connectivity index (χ1n) is 7.34. The van der Waals surface area contributed by atoms with Crippen LogP contribution in [0, 0.1) is 0 Å². The molecule has 4 nitrogen and oxygen atoms in total.